The number of carbonyl (C=O) groups is 2. The molecular weight excluding hydrogens is 388 g/mol. The van der Waals surface area contributed by atoms with Crippen molar-refractivity contribution in [1.82, 2.24) is 4.90 Å². The van der Waals surface area contributed by atoms with Gasteiger partial charge in [0.25, 0.3) is 5.91 Å². The molecule has 0 bridgehead atoms. The van der Waals surface area contributed by atoms with Crippen LogP contribution in [0.3, 0.4) is 0 Å². The number of ether oxygens (including phenoxy) is 2. The summed E-state index contributed by atoms with van der Waals surface area (Å²) in [6.45, 7) is 4.46. The van der Waals surface area contributed by atoms with Gasteiger partial charge in [-0.05, 0) is 32.0 Å². The molecule has 2 amide bonds. The number of nitrogens with two attached hydrogens (primary N) is 1. The highest BCUT2D eigenvalue weighted by Gasteiger charge is 2.39. The van der Waals surface area contributed by atoms with Crippen LogP contribution in [0.15, 0.2) is 28.7 Å². The second kappa shape index (κ2) is 8.19. The monoisotopic (exact) mass is 412 g/mol. The number of hydrogen-bond donors (Lipinski definition) is 1. The molecule has 0 saturated carbocycles. The van der Waals surface area contributed by atoms with Crippen LogP contribution in [0.1, 0.15) is 26.7 Å². The van der Waals surface area contributed by atoms with Gasteiger partial charge in [0.05, 0.1) is 0 Å². The van der Waals surface area contributed by atoms with Crippen LogP contribution in [0.4, 0.5) is 0 Å². The molecule has 0 spiro atoms. The smallest absolute Gasteiger partial charge is 0.254 e. The van der Waals surface area contributed by atoms with Crippen LogP contribution in [0, 0.1) is 5.92 Å². The molecule has 1 fully saturated rings. The Morgan fingerprint density at radius 1 is 1.40 bits per heavy atom. The van der Waals surface area contributed by atoms with E-state index < -0.39 is 11.5 Å². The third kappa shape index (κ3) is 5.19. The fourth-order valence-corrected chi connectivity index (χ4v) is 3.37. The summed E-state index contributed by atoms with van der Waals surface area (Å²) < 4.78 is 12.3. The minimum absolute atomic E-state index is 0.0922. The average molecular weight is 413 g/mol. The van der Waals surface area contributed by atoms with E-state index in [0.717, 1.165) is 10.2 Å². The molecule has 1 aromatic carbocycles. The second-order valence-corrected chi connectivity index (χ2v) is 7.71. The Kier molecular flexibility index (Phi) is 6.46. The molecule has 0 aliphatic carbocycles. The zero-order valence-corrected chi connectivity index (χ0v) is 16.4. The number of rotatable bonds is 6. The van der Waals surface area contributed by atoms with Crippen molar-refractivity contribution in [3.8, 4) is 5.75 Å². The number of carbonyl (C=O) groups excluding carboxylic acids is 2. The first-order valence-electron chi connectivity index (χ1n) is 8.28. The second-order valence-electron chi connectivity index (χ2n) is 6.80. The minimum atomic E-state index is -0.894. The Hall–Kier alpha value is -1.60. The minimum Gasteiger partial charge on any atom is -0.490 e. The first-order valence-corrected chi connectivity index (χ1v) is 9.07. The molecule has 138 valence electrons. The maximum atomic E-state index is 12.6. The van der Waals surface area contributed by atoms with E-state index in [0.29, 0.717) is 19.5 Å². The van der Waals surface area contributed by atoms with Gasteiger partial charge < -0.3 is 20.1 Å². The lowest BCUT2D eigenvalue weighted by Crippen LogP contribution is -2.54. The number of benzene rings is 1. The summed E-state index contributed by atoms with van der Waals surface area (Å²) in [5.41, 5.74) is 4.51. The van der Waals surface area contributed by atoms with Gasteiger partial charge >= 0.3 is 0 Å². The van der Waals surface area contributed by atoms with Gasteiger partial charge in [0.15, 0.2) is 0 Å². The normalized spacial score (nSPS) is 21.0. The quantitative estimate of drug-likeness (QED) is 0.776. The Labute approximate surface area is 156 Å². The molecule has 25 heavy (non-hydrogen) atoms. The summed E-state index contributed by atoms with van der Waals surface area (Å²) in [6.07, 6.45) is 0.641. The summed E-state index contributed by atoms with van der Waals surface area (Å²) in [5.74, 6) is 0.0891. The lowest BCUT2D eigenvalue weighted by molar-refractivity contribution is -0.155. The standard InChI is InChI=1S/C18H25BrN2O4/c1-18(2,24-3)17(23)21-8-7-15(12(11-21)9-16(20)22)25-14-6-4-5-13(19)10-14/h4-6,10,12,15H,7-9,11H2,1-3H3,(H2,20,22)/t12-,15-/m0/s1. The molecule has 2 atom stereocenters. The number of piperidine rings is 1. The highest BCUT2D eigenvalue weighted by Crippen LogP contribution is 2.28. The van der Waals surface area contributed by atoms with Crippen LogP contribution < -0.4 is 10.5 Å². The van der Waals surface area contributed by atoms with Crippen molar-refractivity contribution >= 4 is 27.7 Å². The number of likely N-dealkylation sites (tertiary alicyclic amines) is 1. The van der Waals surface area contributed by atoms with E-state index in [1.54, 1.807) is 18.7 Å². The Morgan fingerprint density at radius 2 is 2.12 bits per heavy atom. The molecular formula is C18H25BrN2O4. The zero-order valence-electron chi connectivity index (χ0n) is 14.8. The molecule has 1 saturated heterocycles. The maximum Gasteiger partial charge on any atom is 0.254 e. The van der Waals surface area contributed by atoms with Crippen LogP contribution in [0.25, 0.3) is 0 Å². The zero-order chi connectivity index (χ0) is 18.6. The Balaban J connectivity index is 2.12. The van der Waals surface area contributed by atoms with Crippen molar-refractivity contribution in [1.29, 1.82) is 0 Å². The fourth-order valence-electron chi connectivity index (χ4n) is 2.99. The highest BCUT2D eigenvalue weighted by atomic mass is 79.9. The van der Waals surface area contributed by atoms with Gasteiger partial charge in [-0.25, -0.2) is 0 Å². The molecule has 0 aromatic heterocycles. The third-order valence-electron chi connectivity index (χ3n) is 4.52. The molecule has 0 unspecified atom stereocenters. The number of nitrogens with zero attached hydrogens (tertiary/aromatic N) is 1. The first kappa shape index (κ1) is 19.7. The Bertz CT molecular complexity index is 635. The predicted octanol–water partition coefficient (Wildman–Crippen LogP) is 2.35. The summed E-state index contributed by atoms with van der Waals surface area (Å²) in [5, 5.41) is 0. The van der Waals surface area contributed by atoms with Gasteiger partial charge in [-0.1, -0.05) is 22.0 Å². The Morgan fingerprint density at radius 3 is 2.72 bits per heavy atom. The van der Waals surface area contributed by atoms with Gasteiger partial charge in [0.1, 0.15) is 17.5 Å². The van der Waals surface area contributed by atoms with Gasteiger partial charge in [0.2, 0.25) is 5.91 Å². The van der Waals surface area contributed by atoms with Gasteiger partial charge in [-0.15, -0.1) is 0 Å². The molecule has 1 aliphatic rings. The number of hydrogen-bond acceptors (Lipinski definition) is 4. The number of methoxy groups -OCH3 is 1. The van der Waals surface area contributed by atoms with E-state index in [-0.39, 0.29) is 24.3 Å². The third-order valence-corrected chi connectivity index (χ3v) is 5.02. The molecule has 0 radical (unpaired) electrons. The van der Waals surface area contributed by atoms with Crippen molar-refractivity contribution in [3.05, 3.63) is 28.7 Å². The molecule has 1 aliphatic heterocycles. The molecule has 6 nitrogen and oxygen atoms in total. The summed E-state index contributed by atoms with van der Waals surface area (Å²) >= 11 is 3.42. The topological polar surface area (TPSA) is 81.9 Å². The van der Waals surface area contributed by atoms with Crippen molar-refractivity contribution < 1.29 is 19.1 Å². The van der Waals surface area contributed by atoms with Crippen LogP contribution in [-0.4, -0.2) is 48.6 Å². The van der Waals surface area contributed by atoms with Crippen LogP contribution in [0.2, 0.25) is 0 Å². The van der Waals surface area contributed by atoms with Crippen LogP contribution >= 0.6 is 15.9 Å². The summed E-state index contributed by atoms with van der Waals surface area (Å²) in [6, 6.07) is 7.56. The molecule has 1 heterocycles. The molecule has 7 heteroatoms. The SMILES string of the molecule is COC(C)(C)C(=O)N1CC[C@H](Oc2cccc(Br)c2)[C@@H](CC(N)=O)C1. The van der Waals surface area contributed by atoms with Crippen molar-refractivity contribution in [2.75, 3.05) is 20.2 Å². The van der Waals surface area contributed by atoms with Crippen molar-refractivity contribution in [2.24, 2.45) is 11.7 Å². The first-order chi connectivity index (χ1) is 11.7. The molecule has 2 N–H and O–H groups in total. The largest absolute Gasteiger partial charge is 0.490 e. The van der Waals surface area contributed by atoms with E-state index >= 15 is 0 Å². The number of primary amides is 1. The molecule has 2 rings (SSSR count). The van der Waals surface area contributed by atoms with E-state index in [1.807, 2.05) is 24.3 Å². The van der Waals surface area contributed by atoms with Crippen LogP contribution in [-0.2, 0) is 14.3 Å². The summed E-state index contributed by atoms with van der Waals surface area (Å²) in [4.78, 5) is 25.8. The van der Waals surface area contributed by atoms with Gasteiger partial charge in [0, 0.05) is 43.4 Å². The molecule has 1 aromatic rings. The van der Waals surface area contributed by atoms with Crippen molar-refractivity contribution in [2.45, 2.75) is 38.4 Å². The number of amides is 2. The lowest BCUT2D eigenvalue weighted by Gasteiger charge is -2.40. The fraction of sp³-hybridized carbons (Fsp3) is 0.556. The lowest BCUT2D eigenvalue weighted by atomic mass is 9.90. The van der Waals surface area contributed by atoms with Crippen LogP contribution in [0.5, 0.6) is 5.75 Å². The van der Waals surface area contributed by atoms with Crippen molar-refractivity contribution in [3.63, 3.8) is 0 Å². The number of halogens is 1. The van der Waals surface area contributed by atoms with E-state index in [9.17, 15) is 9.59 Å². The predicted molar refractivity (Wildman–Crippen MR) is 98.1 cm³/mol. The average Bonchev–Trinajstić information content (AvgIpc) is 2.55. The maximum absolute atomic E-state index is 12.6. The van der Waals surface area contributed by atoms with Gasteiger partial charge in [-0.3, -0.25) is 9.59 Å². The van der Waals surface area contributed by atoms with E-state index in [4.69, 9.17) is 15.2 Å². The van der Waals surface area contributed by atoms with E-state index in [2.05, 4.69) is 15.9 Å². The van der Waals surface area contributed by atoms with E-state index in [1.165, 1.54) is 7.11 Å². The summed E-state index contributed by atoms with van der Waals surface area (Å²) in [7, 11) is 1.52. The highest BCUT2D eigenvalue weighted by molar-refractivity contribution is 9.10. The van der Waals surface area contributed by atoms with Gasteiger partial charge in [-0.2, -0.15) is 0 Å².